The second-order valence-corrected chi connectivity index (χ2v) is 8.90. The molecule has 0 saturated heterocycles. The second kappa shape index (κ2) is 11.7. The smallest absolute Gasteiger partial charge is 0.407 e. The van der Waals surface area contributed by atoms with E-state index >= 15 is 0 Å². The van der Waals surface area contributed by atoms with Gasteiger partial charge in [0.05, 0.1) is 0 Å². The van der Waals surface area contributed by atoms with Crippen LogP contribution in [0.5, 0.6) is 0 Å². The lowest BCUT2D eigenvalue weighted by Crippen LogP contribution is -2.52. The summed E-state index contributed by atoms with van der Waals surface area (Å²) in [7, 11) is 3.61. The SMILES string of the molecule is CCC(CNC(=O)C(CN(C)C)NC(=O)OCC1c2ccccc2-c2ccccc21)CC(=O)O. The van der Waals surface area contributed by atoms with Crippen LogP contribution < -0.4 is 10.6 Å². The summed E-state index contributed by atoms with van der Waals surface area (Å²) in [4.78, 5) is 38.2. The summed E-state index contributed by atoms with van der Waals surface area (Å²) in [5.74, 6) is -1.51. The molecule has 0 aromatic heterocycles. The van der Waals surface area contributed by atoms with E-state index in [2.05, 4.69) is 22.8 Å². The maximum atomic E-state index is 12.8. The predicted octanol–water partition coefficient (Wildman–Crippen LogP) is 3.07. The Morgan fingerprint density at radius 1 is 1.03 bits per heavy atom. The molecule has 2 aromatic carbocycles. The summed E-state index contributed by atoms with van der Waals surface area (Å²) < 4.78 is 5.58. The Bertz CT molecular complexity index is 978. The highest BCUT2D eigenvalue weighted by molar-refractivity contribution is 5.86. The lowest BCUT2D eigenvalue weighted by atomic mass is 9.98. The van der Waals surface area contributed by atoms with Crippen molar-refractivity contribution in [3.8, 4) is 11.1 Å². The van der Waals surface area contributed by atoms with Gasteiger partial charge in [0.25, 0.3) is 0 Å². The number of hydrogen-bond donors (Lipinski definition) is 3. The molecule has 3 rings (SSSR count). The number of carboxylic acid groups (broad SMARTS) is 1. The highest BCUT2D eigenvalue weighted by Crippen LogP contribution is 2.44. The quantitative estimate of drug-likeness (QED) is 0.469. The molecule has 1 aliphatic carbocycles. The van der Waals surface area contributed by atoms with E-state index in [0.717, 1.165) is 22.3 Å². The number of carboxylic acids is 1. The number of nitrogens with zero attached hydrogens (tertiary/aromatic N) is 1. The van der Waals surface area contributed by atoms with Crippen molar-refractivity contribution in [2.75, 3.05) is 33.8 Å². The number of carbonyl (C=O) groups excluding carboxylic acids is 2. The van der Waals surface area contributed by atoms with Crippen molar-refractivity contribution in [3.63, 3.8) is 0 Å². The van der Waals surface area contributed by atoms with E-state index < -0.39 is 18.1 Å². The van der Waals surface area contributed by atoms with Gasteiger partial charge in [-0.05, 0) is 42.3 Å². The van der Waals surface area contributed by atoms with Crippen LogP contribution in [0.1, 0.15) is 36.8 Å². The van der Waals surface area contributed by atoms with Gasteiger partial charge < -0.3 is 25.4 Å². The normalized spacial score (nSPS) is 14.1. The first-order valence-corrected chi connectivity index (χ1v) is 11.6. The average Bonchev–Trinajstić information content (AvgIpc) is 3.13. The summed E-state index contributed by atoms with van der Waals surface area (Å²) in [6.07, 6.45) is -0.0546. The summed E-state index contributed by atoms with van der Waals surface area (Å²) in [5.41, 5.74) is 4.51. The monoisotopic (exact) mass is 467 g/mol. The number of benzene rings is 2. The first-order chi connectivity index (χ1) is 16.3. The number of nitrogens with one attached hydrogen (secondary N) is 2. The zero-order valence-corrected chi connectivity index (χ0v) is 19.9. The van der Waals surface area contributed by atoms with Crippen LogP contribution in [0.3, 0.4) is 0 Å². The topological polar surface area (TPSA) is 108 Å². The van der Waals surface area contributed by atoms with E-state index in [1.807, 2.05) is 43.3 Å². The molecule has 2 unspecified atom stereocenters. The minimum Gasteiger partial charge on any atom is -0.481 e. The minimum atomic E-state index is -0.900. The van der Waals surface area contributed by atoms with Gasteiger partial charge in [0, 0.05) is 25.4 Å². The van der Waals surface area contributed by atoms with Crippen molar-refractivity contribution in [2.24, 2.45) is 5.92 Å². The zero-order valence-electron chi connectivity index (χ0n) is 19.9. The van der Waals surface area contributed by atoms with Gasteiger partial charge in [-0.3, -0.25) is 9.59 Å². The third-order valence-corrected chi connectivity index (χ3v) is 6.11. The molecule has 182 valence electrons. The van der Waals surface area contributed by atoms with Crippen LogP contribution in [0.2, 0.25) is 0 Å². The molecule has 2 aromatic rings. The molecule has 1 aliphatic rings. The van der Waals surface area contributed by atoms with Gasteiger partial charge in [-0.2, -0.15) is 0 Å². The van der Waals surface area contributed by atoms with Crippen LogP contribution in [0.4, 0.5) is 4.79 Å². The van der Waals surface area contributed by atoms with Gasteiger partial charge in [-0.15, -0.1) is 0 Å². The number of fused-ring (bicyclic) bond motifs is 3. The van der Waals surface area contributed by atoms with E-state index in [-0.39, 0.29) is 43.9 Å². The number of ether oxygens (including phenoxy) is 1. The average molecular weight is 468 g/mol. The maximum absolute atomic E-state index is 12.8. The molecular weight excluding hydrogens is 434 g/mol. The lowest BCUT2D eigenvalue weighted by Gasteiger charge is -2.23. The van der Waals surface area contributed by atoms with Crippen molar-refractivity contribution >= 4 is 18.0 Å². The van der Waals surface area contributed by atoms with E-state index in [4.69, 9.17) is 9.84 Å². The molecule has 34 heavy (non-hydrogen) atoms. The van der Waals surface area contributed by atoms with Gasteiger partial charge in [0.15, 0.2) is 0 Å². The molecular formula is C26H33N3O5. The van der Waals surface area contributed by atoms with Crippen molar-refractivity contribution in [1.82, 2.24) is 15.5 Å². The molecule has 0 bridgehead atoms. The van der Waals surface area contributed by atoms with Gasteiger partial charge in [-0.1, -0.05) is 61.9 Å². The van der Waals surface area contributed by atoms with Crippen LogP contribution >= 0.6 is 0 Å². The highest BCUT2D eigenvalue weighted by atomic mass is 16.5. The standard InChI is InChI=1S/C26H33N3O5/c1-4-17(13-24(30)31)14-27-25(32)23(15-29(2)3)28-26(33)34-16-22-20-11-7-5-9-18(20)19-10-6-8-12-21(19)22/h5-12,17,22-23H,4,13-16H2,1-3H3,(H,27,32)(H,28,33)(H,30,31). The summed E-state index contributed by atoms with van der Waals surface area (Å²) in [6.45, 7) is 2.56. The van der Waals surface area contributed by atoms with E-state index in [9.17, 15) is 14.4 Å². The molecule has 8 nitrogen and oxygen atoms in total. The molecule has 0 fully saturated rings. The predicted molar refractivity (Wildman–Crippen MR) is 130 cm³/mol. The van der Waals surface area contributed by atoms with Crippen LogP contribution in [0.15, 0.2) is 48.5 Å². The first-order valence-electron chi connectivity index (χ1n) is 11.6. The second-order valence-electron chi connectivity index (χ2n) is 8.90. The summed E-state index contributed by atoms with van der Waals surface area (Å²) in [5, 5.41) is 14.5. The Labute approximate surface area is 200 Å². The lowest BCUT2D eigenvalue weighted by molar-refractivity contribution is -0.138. The summed E-state index contributed by atoms with van der Waals surface area (Å²) >= 11 is 0. The molecule has 2 atom stereocenters. The molecule has 0 spiro atoms. The Hall–Kier alpha value is -3.39. The molecule has 2 amide bonds. The largest absolute Gasteiger partial charge is 0.481 e. The number of carbonyl (C=O) groups is 3. The van der Waals surface area contributed by atoms with E-state index in [1.165, 1.54) is 0 Å². The molecule has 0 aliphatic heterocycles. The molecule has 8 heteroatoms. The number of rotatable bonds is 11. The number of aliphatic carboxylic acids is 1. The molecule has 3 N–H and O–H groups in total. The number of alkyl carbamates (subject to hydrolysis) is 1. The van der Waals surface area contributed by atoms with Crippen LogP contribution in [0.25, 0.3) is 11.1 Å². The van der Waals surface area contributed by atoms with Crippen LogP contribution in [-0.2, 0) is 14.3 Å². The Kier molecular flexibility index (Phi) is 8.65. The fourth-order valence-electron chi connectivity index (χ4n) is 4.32. The Morgan fingerprint density at radius 2 is 1.62 bits per heavy atom. The Balaban J connectivity index is 1.61. The van der Waals surface area contributed by atoms with Gasteiger partial charge >= 0.3 is 12.1 Å². The van der Waals surface area contributed by atoms with Crippen molar-refractivity contribution in [1.29, 1.82) is 0 Å². The third kappa shape index (κ3) is 6.35. The van der Waals surface area contributed by atoms with E-state index in [0.29, 0.717) is 6.42 Å². The van der Waals surface area contributed by atoms with Crippen LogP contribution in [0, 0.1) is 5.92 Å². The van der Waals surface area contributed by atoms with Gasteiger partial charge in [-0.25, -0.2) is 4.79 Å². The van der Waals surface area contributed by atoms with Crippen molar-refractivity contribution in [3.05, 3.63) is 59.7 Å². The number of amides is 2. The summed E-state index contributed by atoms with van der Waals surface area (Å²) in [6, 6.07) is 15.3. The van der Waals surface area contributed by atoms with Gasteiger partial charge in [0.2, 0.25) is 5.91 Å². The van der Waals surface area contributed by atoms with E-state index in [1.54, 1.807) is 19.0 Å². The fourth-order valence-corrected chi connectivity index (χ4v) is 4.32. The minimum absolute atomic E-state index is 0.0189. The highest BCUT2D eigenvalue weighted by Gasteiger charge is 2.30. The first kappa shape index (κ1) is 25.2. The molecule has 0 heterocycles. The third-order valence-electron chi connectivity index (χ3n) is 6.11. The van der Waals surface area contributed by atoms with Gasteiger partial charge in [0.1, 0.15) is 12.6 Å². The van der Waals surface area contributed by atoms with Crippen molar-refractivity contribution in [2.45, 2.75) is 31.7 Å². The molecule has 0 radical (unpaired) electrons. The molecule has 0 saturated carbocycles. The fraction of sp³-hybridized carbons (Fsp3) is 0.423. The maximum Gasteiger partial charge on any atom is 0.407 e. The van der Waals surface area contributed by atoms with Crippen LogP contribution in [-0.4, -0.2) is 67.8 Å². The number of likely N-dealkylation sites (N-methyl/N-ethyl adjacent to an activating group) is 1. The Morgan fingerprint density at radius 3 is 2.15 bits per heavy atom. The zero-order chi connectivity index (χ0) is 24.7. The number of hydrogen-bond acceptors (Lipinski definition) is 5. The van der Waals surface area contributed by atoms with Crippen molar-refractivity contribution < 1.29 is 24.2 Å².